The molecule has 39 heavy (non-hydrogen) atoms. The van der Waals surface area contributed by atoms with Gasteiger partial charge in [-0.05, 0) is 95.6 Å². The van der Waals surface area contributed by atoms with Gasteiger partial charge >= 0.3 is 6.16 Å². The maximum absolute atomic E-state index is 12.4. The molecule has 218 valence electrons. The highest BCUT2D eigenvalue weighted by atomic mass is 16.7. The molecule has 3 N–H and O–H groups in total. The minimum absolute atomic E-state index is 0.00398. The zero-order valence-corrected chi connectivity index (χ0v) is 23.8. The third-order valence-electron chi connectivity index (χ3n) is 7.17. The summed E-state index contributed by atoms with van der Waals surface area (Å²) >= 11 is 0. The second kappa shape index (κ2) is 19.4. The van der Waals surface area contributed by atoms with Crippen molar-refractivity contribution in [3.63, 3.8) is 0 Å². The number of aliphatic hydroxyl groups is 2. The van der Waals surface area contributed by atoms with E-state index in [1.54, 1.807) is 6.92 Å². The molecule has 0 radical (unpaired) electrons. The maximum atomic E-state index is 12.4. The van der Waals surface area contributed by atoms with Crippen molar-refractivity contribution in [2.75, 3.05) is 13.2 Å². The van der Waals surface area contributed by atoms with Gasteiger partial charge in [-0.15, -0.1) is 0 Å². The van der Waals surface area contributed by atoms with Gasteiger partial charge in [0.2, 0.25) is 5.91 Å². The van der Waals surface area contributed by atoms with Crippen LogP contribution in [0.2, 0.25) is 0 Å². The van der Waals surface area contributed by atoms with Crippen LogP contribution in [0, 0.1) is 11.8 Å². The molecule has 1 saturated carbocycles. The summed E-state index contributed by atoms with van der Waals surface area (Å²) in [5.41, 5.74) is 1.17. The van der Waals surface area contributed by atoms with Crippen LogP contribution in [0.25, 0.3) is 0 Å². The molecule has 5 atom stereocenters. The fourth-order valence-electron chi connectivity index (χ4n) is 4.95. The van der Waals surface area contributed by atoms with Gasteiger partial charge in [-0.1, -0.05) is 48.6 Å². The predicted molar refractivity (Wildman–Crippen MR) is 154 cm³/mol. The number of rotatable bonds is 18. The van der Waals surface area contributed by atoms with Crippen LogP contribution in [0.1, 0.15) is 83.6 Å². The van der Waals surface area contributed by atoms with Gasteiger partial charge in [0.1, 0.15) is 6.10 Å². The zero-order chi connectivity index (χ0) is 28.3. The van der Waals surface area contributed by atoms with E-state index in [1.165, 1.54) is 5.56 Å². The van der Waals surface area contributed by atoms with Crippen LogP contribution in [0.3, 0.4) is 0 Å². The lowest BCUT2D eigenvalue weighted by atomic mass is 9.90. The first-order valence-corrected chi connectivity index (χ1v) is 14.7. The zero-order valence-electron chi connectivity index (χ0n) is 23.8. The van der Waals surface area contributed by atoms with Gasteiger partial charge in [0.25, 0.3) is 0 Å². The van der Waals surface area contributed by atoms with Crippen LogP contribution in [-0.2, 0) is 20.7 Å². The molecule has 1 aromatic carbocycles. The predicted octanol–water partition coefficient (Wildman–Crippen LogP) is 5.89. The summed E-state index contributed by atoms with van der Waals surface area (Å²) in [6, 6.07) is 10.1. The molecular formula is C32H49NO6. The number of hydrogen-bond acceptors (Lipinski definition) is 6. The molecule has 2 rings (SSSR count). The smallest absolute Gasteiger partial charge is 0.434 e. The van der Waals surface area contributed by atoms with Gasteiger partial charge in [-0.25, -0.2) is 4.79 Å². The van der Waals surface area contributed by atoms with Crippen molar-refractivity contribution >= 4 is 12.1 Å². The second-order valence-electron chi connectivity index (χ2n) is 10.5. The first-order valence-electron chi connectivity index (χ1n) is 14.7. The highest BCUT2D eigenvalue weighted by Gasteiger charge is 2.32. The molecule has 1 aliphatic rings. The lowest BCUT2D eigenvalue weighted by Crippen LogP contribution is -2.21. The molecule has 1 amide bonds. The second-order valence-corrected chi connectivity index (χ2v) is 10.5. The molecule has 0 aromatic heterocycles. The van der Waals surface area contributed by atoms with E-state index in [9.17, 15) is 19.8 Å². The Bertz CT molecular complexity index is 869. The third kappa shape index (κ3) is 14.4. The Morgan fingerprint density at radius 1 is 1.10 bits per heavy atom. The summed E-state index contributed by atoms with van der Waals surface area (Å²) in [6.07, 6.45) is 14.7. The minimum atomic E-state index is -0.686. The Morgan fingerprint density at radius 2 is 1.90 bits per heavy atom. The van der Waals surface area contributed by atoms with Crippen LogP contribution in [0.5, 0.6) is 0 Å². The van der Waals surface area contributed by atoms with Crippen LogP contribution < -0.4 is 5.32 Å². The number of amides is 1. The van der Waals surface area contributed by atoms with Crippen LogP contribution >= 0.6 is 0 Å². The number of hydrogen-bond donors (Lipinski definition) is 3. The number of ether oxygens (including phenoxy) is 2. The van der Waals surface area contributed by atoms with Gasteiger partial charge in [0.15, 0.2) is 0 Å². The number of unbranched alkanes of at least 4 members (excludes halogenated alkanes) is 2. The average Bonchev–Trinajstić information content (AvgIpc) is 3.26. The van der Waals surface area contributed by atoms with E-state index in [1.807, 2.05) is 37.3 Å². The summed E-state index contributed by atoms with van der Waals surface area (Å²) in [7, 11) is 0. The van der Waals surface area contributed by atoms with Gasteiger partial charge in [0, 0.05) is 18.9 Å². The highest BCUT2D eigenvalue weighted by molar-refractivity contribution is 5.75. The van der Waals surface area contributed by atoms with Crippen LogP contribution in [0.15, 0.2) is 54.6 Å². The summed E-state index contributed by atoms with van der Waals surface area (Å²) in [6.45, 7) is 4.60. The Balaban J connectivity index is 1.89. The molecule has 0 aliphatic heterocycles. The molecule has 0 unspecified atom stereocenters. The quantitative estimate of drug-likeness (QED) is 0.121. The van der Waals surface area contributed by atoms with Crippen molar-refractivity contribution < 1.29 is 29.3 Å². The van der Waals surface area contributed by atoms with Gasteiger partial charge in [-0.2, -0.15) is 0 Å². The summed E-state index contributed by atoms with van der Waals surface area (Å²) in [5, 5.41) is 22.8. The number of aliphatic hydroxyl groups excluding tert-OH is 2. The van der Waals surface area contributed by atoms with Crippen LogP contribution in [0.4, 0.5) is 4.79 Å². The van der Waals surface area contributed by atoms with E-state index in [4.69, 9.17) is 9.47 Å². The van der Waals surface area contributed by atoms with Gasteiger partial charge < -0.3 is 25.0 Å². The fourth-order valence-corrected chi connectivity index (χ4v) is 4.95. The monoisotopic (exact) mass is 543 g/mol. The van der Waals surface area contributed by atoms with Crippen molar-refractivity contribution in [1.82, 2.24) is 5.32 Å². The molecule has 1 fully saturated rings. The summed E-state index contributed by atoms with van der Waals surface area (Å²) in [5.74, 6) is 0.426. The number of allylic oxidation sites excluding steroid dienone is 2. The largest absolute Gasteiger partial charge is 0.508 e. The van der Waals surface area contributed by atoms with E-state index < -0.39 is 18.4 Å². The molecule has 7 heteroatoms. The number of carbonyl (C=O) groups is 2. The van der Waals surface area contributed by atoms with E-state index in [2.05, 4.69) is 29.6 Å². The molecule has 0 heterocycles. The number of benzene rings is 1. The first kappa shape index (κ1) is 32.6. The molecule has 0 bridgehead atoms. The molecule has 0 spiro atoms. The van der Waals surface area contributed by atoms with E-state index >= 15 is 0 Å². The standard InChI is InChI=1S/C32H49NO6/c1-3-33-31(36)17-10-5-4-9-16-27-19-23-30(35)29(27)22-21-28(20-18-26-14-7-6-8-15-26)39-32(37)38-24-12-11-13-25(2)34/h4,6-9,14-15,21-22,25,27-30,34-35H,3,5,10-13,16-20,23-24H2,1-2H3,(H,33,36)/b9-4-,22-21+/t25-,27+,28+,29-,30-/m1/s1. The Morgan fingerprint density at radius 3 is 2.64 bits per heavy atom. The van der Waals surface area contributed by atoms with Crippen LogP contribution in [-0.4, -0.2) is 53.7 Å². The fraction of sp³-hybridized carbons (Fsp3) is 0.625. The third-order valence-corrected chi connectivity index (χ3v) is 7.17. The molecule has 1 aromatic rings. The first-order chi connectivity index (χ1) is 18.9. The van der Waals surface area contributed by atoms with Crippen molar-refractivity contribution in [3.05, 3.63) is 60.2 Å². The van der Waals surface area contributed by atoms with E-state index in [0.29, 0.717) is 38.1 Å². The Kier molecular flexibility index (Phi) is 16.2. The maximum Gasteiger partial charge on any atom is 0.508 e. The van der Waals surface area contributed by atoms with E-state index in [0.717, 1.165) is 44.9 Å². The summed E-state index contributed by atoms with van der Waals surface area (Å²) in [4.78, 5) is 23.9. The molecule has 7 nitrogen and oxygen atoms in total. The topological polar surface area (TPSA) is 105 Å². The summed E-state index contributed by atoms with van der Waals surface area (Å²) < 4.78 is 10.9. The van der Waals surface area contributed by atoms with Crippen molar-refractivity contribution in [1.29, 1.82) is 0 Å². The lowest BCUT2D eigenvalue weighted by Gasteiger charge is -2.19. The number of carbonyl (C=O) groups excluding carboxylic acids is 2. The SMILES string of the molecule is CCNC(=O)CCC/C=C\C[C@H]1CC[C@@H](O)[C@@H]1/C=C/[C@H](CCc1ccccc1)OC(=O)OCCCC[C@@H](C)O. The molecule has 0 saturated heterocycles. The molecule has 1 aliphatic carbocycles. The Hall–Kier alpha value is -2.64. The lowest BCUT2D eigenvalue weighted by molar-refractivity contribution is -0.121. The average molecular weight is 544 g/mol. The normalized spacial score (nSPS) is 20.8. The van der Waals surface area contributed by atoms with Gasteiger partial charge in [-0.3, -0.25) is 4.79 Å². The van der Waals surface area contributed by atoms with Gasteiger partial charge in [0.05, 0.1) is 18.8 Å². The minimum Gasteiger partial charge on any atom is -0.434 e. The van der Waals surface area contributed by atoms with Crippen molar-refractivity contribution in [2.45, 2.75) is 103 Å². The van der Waals surface area contributed by atoms with Crippen molar-refractivity contribution in [2.24, 2.45) is 11.8 Å². The Labute approximate surface area is 234 Å². The highest BCUT2D eigenvalue weighted by Crippen LogP contribution is 2.36. The van der Waals surface area contributed by atoms with Crippen molar-refractivity contribution in [3.8, 4) is 0 Å². The number of nitrogens with one attached hydrogen (secondary N) is 1. The molecular weight excluding hydrogens is 494 g/mol. The van der Waals surface area contributed by atoms with E-state index in [-0.39, 0.29) is 24.5 Å². The number of aryl methyl sites for hydroxylation is 1.